The molecule has 1 fully saturated rings. The third-order valence-electron chi connectivity index (χ3n) is 5.51. The monoisotopic (exact) mass is 429 g/mol. The molecule has 1 heterocycles. The Kier molecular flexibility index (Phi) is 7.26. The van der Waals surface area contributed by atoms with Crippen LogP contribution in [-0.4, -0.2) is 44.0 Å². The number of likely N-dealkylation sites (tertiary alicyclic amines) is 1. The van der Waals surface area contributed by atoms with Gasteiger partial charge in [-0.2, -0.15) is 0 Å². The molecule has 1 saturated heterocycles. The van der Waals surface area contributed by atoms with Crippen LogP contribution in [0.1, 0.15) is 18.4 Å². The van der Waals surface area contributed by atoms with Crippen molar-refractivity contribution in [2.45, 2.75) is 23.8 Å². The standard InChI is InChI=1S/C20H25Cl2N3O.ClH/c1-24-11-8-15(9-12-24)25(2)16-6-3-5-14(13-16)20(22)10-4-7-17(21)18(20)19(23)26;/h3-7,10,13,15,18H,8-9,11-12H2,1-2H3,(H2,23,26);1H. The molecule has 0 spiro atoms. The molecule has 2 unspecified atom stereocenters. The van der Waals surface area contributed by atoms with Crippen molar-refractivity contribution in [1.82, 2.24) is 4.90 Å². The first-order chi connectivity index (χ1) is 12.3. The number of carbonyl (C=O) groups excluding carboxylic acids is 1. The Labute approximate surface area is 177 Å². The number of allylic oxidation sites excluding steroid dienone is 3. The Bertz CT molecular complexity index is 744. The Morgan fingerprint density at radius 3 is 2.63 bits per heavy atom. The van der Waals surface area contributed by atoms with Gasteiger partial charge in [-0.3, -0.25) is 4.79 Å². The fourth-order valence-electron chi connectivity index (χ4n) is 3.84. The molecule has 0 bridgehead atoms. The van der Waals surface area contributed by atoms with E-state index in [1.165, 1.54) is 0 Å². The number of anilines is 1. The van der Waals surface area contributed by atoms with Crippen LogP contribution in [0.25, 0.3) is 0 Å². The lowest BCUT2D eigenvalue weighted by atomic mass is 9.81. The summed E-state index contributed by atoms with van der Waals surface area (Å²) in [5.41, 5.74) is 7.51. The normalized spacial score (nSPS) is 26.2. The summed E-state index contributed by atoms with van der Waals surface area (Å²) < 4.78 is 0. The van der Waals surface area contributed by atoms with Crippen molar-refractivity contribution in [1.29, 1.82) is 0 Å². The second kappa shape index (κ2) is 8.87. The van der Waals surface area contributed by atoms with Gasteiger partial charge in [0, 0.05) is 23.8 Å². The fourth-order valence-corrected chi connectivity index (χ4v) is 4.66. The van der Waals surface area contributed by atoms with E-state index in [1.807, 2.05) is 18.2 Å². The number of benzene rings is 1. The molecular weight excluding hydrogens is 405 g/mol. The average molecular weight is 431 g/mol. The Morgan fingerprint density at radius 1 is 1.33 bits per heavy atom. The topological polar surface area (TPSA) is 49.6 Å². The van der Waals surface area contributed by atoms with Crippen LogP contribution >= 0.6 is 35.6 Å². The number of nitrogens with two attached hydrogens (primary N) is 1. The summed E-state index contributed by atoms with van der Waals surface area (Å²) in [6.07, 6.45) is 7.50. The van der Waals surface area contributed by atoms with Crippen molar-refractivity contribution in [2.75, 3.05) is 32.1 Å². The second-order valence-corrected chi connectivity index (χ2v) is 8.27. The molecule has 1 amide bonds. The lowest BCUT2D eigenvalue weighted by Crippen LogP contribution is -2.42. The summed E-state index contributed by atoms with van der Waals surface area (Å²) in [7, 11) is 4.27. The highest BCUT2D eigenvalue weighted by atomic mass is 35.5. The van der Waals surface area contributed by atoms with Crippen LogP contribution in [0.4, 0.5) is 5.69 Å². The summed E-state index contributed by atoms with van der Waals surface area (Å²) in [5, 5.41) is 0.365. The zero-order valence-corrected chi connectivity index (χ0v) is 17.9. The van der Waals surface area contributed by atoms with Crippen LogP contribution in [0.15, 0.2) is 47.5 Å². The van der Waals surface area contributed by atoms with Gasteiger partial charge in [-0.15, -0.1) is 24.0 Å². The van der Waals surface area contributed by atoms with E-state index in [4.69, 9.17) is 28.9 Å². The van der Waals surface area contributed by atoms with Crippen molar-refractivity contribution >= 4 is 47.2 Å². The molecule has 1 aliphatic heterocycles. The first-order valence-electron chi connectivity index (χ1n) is 8.88. The molecule has 7 heteroatoms. The highest BCUT2D eigenvalue weighted by molar-refractivity contribution is 6.35. The molecule has 4 nitrogen and oxygen atoms in total. The summed E-state index contributed by atoms with van der Waals surface area (Å²) >= 11 is 13.2. The zero-order chi connectivity index (χ0) is 18.9. The van der Waals surface area contributed by atoms with E-state index in [9.17, 15) is 4.79 Å². The minimum absolute atomic E-state index is 0. The largest absolute Gasteiger partial charge is 0.372 e. The molecule has 0 radical (unpaired) electrons. The van der Waals surface area contributed by atoms with Gasteiger partial charge in [-0.1, -0.05) is 35.9 Å². The van der Waals surface area contributed by atoms with Gasteiger partial charge in [0.05, 0.1) is 0 Å². The molecule has 27 heavy (non-hydrogen) atoms. The predicted molar refractivity (Wildman–Crippen MR) is 116 cm³/mol. The number of piperidine rings is 1. The van der Waals surface area contributed by atoms with E-state index < -0.39 is 16.7 Å². The van der Waals surface area contributed by atoms with Crippen LogP contribution in [0, 0.1) is 5.92 Å². The van der Waals surface area contributed by atoms with Gasteiger partial charge in [0.1, 0.15) is 10.8 Å². The Morgan fingerprint density at radius 2 is 2.00 bits per heavy atom. The van der Waals surface area contributed by atoms with Crippen LogP contribution in [0.2, 0.25) is 0 Å². The van der Waals surface area contributed by atoms with Crippen molar-refractivity contribution in [3.05, 3.63) is 53.1 Å². The number of nitrogens with zero attached hydrogens (tertiary/aromatic N) is 2. The van der Waals surface area contributed by atoms with Crippen molar-refractivity contribution in [3.63, 3.8) is 0 Å². The quantitative estimate of drug-likeness (QED) is 0.738. The molecule has 1 aromatic carbocycles. The number of halogens is 3. The predicted octanol–water partition coefficient (Wildman–Crippen LogP) is 3.87. The van der Waals surface area contributed by atoms with Gasteiger partial charge in [0.15, 0.2) is 0 Å². The number of primary amides is 1. The number of hydrogen-bond donors (Lipinski definition) is 1. The van der Waals surface area contributed by atoms with Gasteiger partial charge in [-0.25, -0.2) is 0 Å². The van der Waals surface area contributed by atoms with Gasteiger partial charge >= 0.3 is 0 Å². The maximum absolute atomic E-state index is 12.0. The average Bonchev–Trinajstić information content (AvgIpc) is 2.61. The number of carbonyl (C=O) groups is 1. The summed E-state index contributed by atoms with van der Waals surface area (Å²) in [6.45, 7) is 2.20. The minimum Gasteiger partial charge on any atom is -0.372 e. The van der Waals surface area contributed by atoms with Gasteiger partial charge in [0.25, 0.3) is 0 Å². The van der Waals surface area contributed by atoms with E-state index in [0.29, 0.717) is 11.1 Å². The maximum atomic E-state index is 12.0. The van der Waals surface area contributed by atoms with Crippen LogP contribution in [0.5, 0.6) is 0 Å². The molecule has 2 atom stereocenters. The minimum atomic E-state index is -1.07. The SMILES string of the molecule is CN1CCC(N(C)c2cccc(C3(Cl)C=CC=C(Cl)C3C(N)=O)c2)CC1.Cl. The fraction of sp³-hybridized carbons (Fsp3) is 0.450. The second-order valence-electron chi connectivity index (χ2n) is 7.21. The van der Waals surface area contributed by atoms with E-state index in [2.05, 4.69) is 30.0 Å². The van der Waals surface area contributed by atoms with E-state index >= 15 is 0 Å². The van der Waals surface area contributed by atoms with Crippen LogP contribution in [-0.2, 0) is 9.67 Å². The number of hydrogen-bond acceptors (Lipinski definition) is 3. The first-order valence-corrected chi connectivity index (χ1v) is 9.63. The molecular formula is C20H26Cl3N3O. The zero-order valence-electron chi connectivity index (χ0n) is 15.6. The third kappa shape index (κ3) is 4.45. The van der Waals surface area contributed by atoms with Crippen molar-refractivity contribution < 1.29 is 4.79 Å². The highest BCUT2D eigenvalue weighted by Gasteiger charge is 2.43. The molecule has 148 valence electrons. The Balaban J connectivity index is 0.00000261. The molecule has 3 rings (SSSR count). The molecule has 0 saturated carbocycles. The summed E-state index contributed by atoms with van der Waals surface area (Å²) in [5.74, 6) is -1.31. The third-order valence-corrected chi connectivity index (χ3v) is 6.41. The van der Waals surface area contributed by atoms with E-state index in [1.54, 1.807) is 18.2 Å². The van der Waals surface area contributed by atoms with Gasteiger partial charge < -0.3 is 15.5 Å². The summed E-state index contributed by atoms with van der Waals surface area (Å²) in [4.78, 5) is 15.6. The molecule has 2 N–H and O–H groups in total. The smallest absolute Gasteiger partial charge is 0.228 e. The maximum Gasteiger partial charge on any atom is 0.228 e. The molecule has 0 aromatic heterocycles. The highest BCUT2D eigenvalue weighted by Crippen LogP contribution is 2.46. The van der Waals surface area contributed by atoms with E-state index in [-0.39, 0.29) is 12.4 Å². The molecule has 1 aliphatic carbocycles. The molecule has 2 aliphatic rings. The summed E-state index contributed by atoms with van der Waals surface area (Å²) in [6, 6.07) is 8.50. The first kappa shape index (κ1) is 22.1. The van der Waals surface area contributed by atoms with Crippen LogP contribution in [0.3, 0.4) is 0 Å². The Hall–Kier alpha value is -1.20. The number of amides is 1. The number of rotatable bonds is 4. The van der Waals surface area contributed by atoms with Crippen LogP contribution < -0.4 is 10.6 Å². The lowest BCUT2D eigenvalue weighted by molar-refractivity contribution is -0.121. The number of alkyl halides is 1. The van der Waals surface area contributed by atoms with Crippen molar-refractivity contribution in [3.8, 4) is 0 Å². The van der Waals surface area contributed by atoms with Gasteiger partial charge in [0.2, 0.25) is 5.91 Å². The molecule has 1 aromatic rings. The van der Waals surface area contributed by atoms with E-state index in [0.717, 1.165) is 37.2 Å². The van der Waals surface area contributed by atoms with Crippen molar-refractivity contribution in [2.24, 2.45) is 11.7 Å². The lowest BCUT2D eigenvalue weighted by Gasteiger charge is -2.37. The van der Waals surface area contributed by atoms with Gasteiger partial charge in [-0.05, 0) is 56.8 Å².